The molecule has 0 atom stereocenters. The van der Waals surface area contributed by atoms with Crippen molar-refractivity contribution in [2.24, 2.45) is 12.5 Å². The third kappa shape index (κ3) is 3.33. The molecule has 0 saturated carbocycles. The molecule has 4 heteroatoms. The molecule has 3 aromatic heterocycles. The highest BCUT2D eigenvalue weighted by Gasteiger charge is 2.28. The van der Waals surface area contributed by atoms with E-state index in [0.29, 0.717) is 6.42 Å². The van der Waals surface area contributed by atoms with Gasteiger partial charge in [0.15, 0.2) is 5.52 Å². The molecule has 0 unspecified atom stereocenters. The molecule has 0 aliphatic heterocycles. The molecule has 0 spiro atoms. The Kier molecular flexibility index (Phi) is 4.67. The normalized spacial score (nSPS) is 13.1. The third-order valence-electron chi connectivity index (χ3n) is 7.47. The highest BCUT2D eigenvalue weighted by molar-refractivity contribution is 6.25. The molecule has 3 aromatic carbocycles. The minimum Gasteiger partial charge on any atom is -0.311 e. The first-order chi connectivity index (χ1) is 17.0. The van der Waals surface area contributed by atoms with E-state index >= 15 is 0 Å². The molecular formula is C32H33N4+. The molecule has 3 heterocycles. The van der Waals surface area contributed by atoms with Crippen molar-refractivity contribution in [2.75, 3.05) is 0 Å². The number of rotatable bonds is 3. The lowest BCUT2D eigenvalue weighted by Crippen LogP contribution is -2.30. The second kappa shape index (κ2) is 7.40. The maximum atomic E-state index is 7.67. The first kappa shape index (κ1) is 22.7. The van der Waals surface area contributed by atoms with Gasteiger partial charge in [0.25, 0.3) is 6.33 Å². The summed E-state index contributed by atoms with van der Waals surface area (Å²) in [6.07, 6.45) is 3.67. The smallest absolute Gasteiger partial charge is 0.287 e. The molecule has 0 aliphatic rings. The van der Waals surface area contributed by atoms with Crippen LogP contribution in [0.15, 0.2) is 48.8 Å². The number of benzene rings is 3. The number of aryl methyl sites for hydroxylation is 2. The number of hydrogen-bond donors (Lipinski definition) is 0. The minimum absolute atomic E-state index is 0.230. The van der Waals surface area contributed by atoms with Crippen LogP contribution in [0.2, 0.25) is 0 Å². The molecule has 0 amide bonds. The molecule has 4 nitrogen and oxygen atoms in total. The lowest BCUT2D eigenvalue weighted by atomic mass is 9.88. The molecule has 0 radical (unpaired) electrons. The average molecular weight is 474 g/mol. The van der Waals surface area contributed by atoms with Gasteiger partial charge in [-0.15, -0.1) is 0 Å². The number of pyridine rings is 1. The number of fused-ring (bicyclic) bond motifs is 5. The molecule has 0 saturated heterocycles. The summed E-state index contributed by atoms with van der Waals surface area (Å²) in [5.41, 5.74) is 9.46. The van der Waals surface area contributed by atoms with Gasteiger partial charge in [-0.05, 0) is 64.7 Å². The van der Waals surface area contributed by atoms with Crippen LogP contribution in [-0.4, -0.2) is 14.9 Å². The van der Waals surface area contributed by atoms with Crippen molar-refractivity contribution >= 4 is 49.1 Å². The highest BCUT2D eigenvalue weighted by atomic mass is 15.0. The number of hydrogen-bond acceptors (Lipinski definition) is 1. The molecular weight excluding hydrogens is 440 g/mol. The van der Waals surface area contributed by atoms with Gasteiger partial charge in [-0.25, -0.2) is 11.1 Å². The summed E-state index contributed by atoms with van der Waals surface area (Å²) in [4.78, 5) is 8.74. The van der Waals surface area contributed by atoms with Crippen molar-refractivity contribution in [2.45, 2.75) is 59.9 Å². The van der Waals surface area contributed by atoms with E-state index in [1.165, 1.54) is 54.7 Å². The minimum atomic E-state index is -0.457. The van der Waals surface area contributed by atoms with Crippen molar-refractivity contribution in [3.05, 3.63) is 76.9 Å². The zero-order chi connectivity index (χ0) is 25.6. The van der Waals surface area contributed by atoms with E-state index < -0.39 is 5.54 Å². The summed E-state index contributed by atoms with van der Waals surface area (Å²) >= 11 is 0. The predicted octanol–water partition coefficient (Wildman–Crippen LogP) is 7.35. The van der Waals surface area contributed by atoms with Crippen LogP contribution in [0.4, 0.5) is 0 Å². The molecule has 180 valence electrons. The number of nitrogens with zero attached hydrogens (tertiary/aromatic N) is 4. The van der Waals surface area contributed by atoms with E-state index in [0.717, 1.165) is 17.5 Å². The molecule has 0 aliphatic carbocycles. The van der Waals surface area contributed by atoms with E-state index in [9.17, 15) is 0 Å². The molecule has 0 N–H and O–H groups in total. The topological polar surface area (TPSA) is 25.5 Å². The second-order valence-electron chi connectivity index (χ2n) is 12.4. The fourth-order valence-corrected chi connectivity index (χ4v) is 6.04. The monoisotopic (exact) mass is 473 g/mol. The largest absolute Gasteiger partial charge is 0.311 e. The predicted molar refractivity (Wildman–Crippen MR) is 150 cm³/mol. The van der Waals surface area contributed by atoms with Gasteiger partial charge in [0.05, 0.1) is 35.4 Å². The van der Waals surface area contributed by atoms with Gasteiger partial charge in [-0.1, -0.05) is 39.0 Å². The summed E-state index contributed by atoms with van der Waals surface area (Å²) < 4.78 is 4.63. The maximum Gasteiger partial charge on any atom is 0.287 e. The van der Waals surface area contributed by atoms with Crippen molar-refractivity contribution in [3.63, 3.8) is 0 Å². The fourth-order valence-electron chi connectivity index (χ4n) is 6.04. The quantitative estimate of drug-likeness (QED) is 0.114. The molecule has 36 heavy (non-hydrogen) atoms. The van der Waals surface area contributed by atoms with Crippen LogP contribution in [0.3, 0.4) is 0 Å². The lowest BCUT2D eigenvalue weighted by Gasteiger charge is -2.18. The van der Waals surface area contributed by atoms with E-state index in [1.807, 2.05) is 20.2 Å². The van der Waals surface area contributed by atoms with Crippen LogP contribution < -0.4 is 4.57 Å². The highest BCUT2D eigenvalue weighted by Crippen LogP contribution is 2.41. The third-order valence-corrected chi connectivity index (χ3v) is 7.47. The van der Waals surface area contributed by atoms with E-state index in [2.05, 4.69) is 91.0 Å². The Labute approximate surface area is 212 Å². The van der Waals surface area contributed by atoms with E-state index in [4.69, 9.17) is 11.6 Å². The first-order valence-electron chi connectivity index (χ1n) is 12.7. The SMILES string of the molecule is [C-]#[N+]C(C)(C)Cc1cc2nc[n+](C)c3c4c(C)ccc5c6cc(CC(C)(C)C)ccc6n(c(c1)c23)c54. The summed E-state index contributed by atoms with van der Waals surface area (Å²) in [5, 5.41) is 5.07. The van der Waals surface area contributed by atoms with Crippen molar-refractivity contribution in [1.29, 1.82) is 0 Å². The van der Waals surface area contributed by atoms with Gasteiger partial charge in [0.1, 0.15) is 5.52 Å². The molecule has 0 bridgehead atoms. The standard InChI is InChI=1S/C32H33N4/c1-19-9-11-22-23-13-20(16-31(2,3)4)10-12-25(23)36-26-15-21(17-32(5,6)33-7)14-24-28(26)30(27(19)29(22)36)35(8)18-34-24/h9-15,18H,16-17H2,1-6,8H3/q+1. The molecule has 6 rings (SSSR count). The van der Waals surface area contributed by atoms with Gasteiger partial charge in [-0.3, -0.25) is 0 Å². The van der Waals surface area contributed by atoms with Gasteiger partial charge in [0.2, 0.25) is 5.54 Å². The lowest BCUT2D eigenvalue weighted by molar-refractivity contribution is -0.646. The Morgan fingerprint density at radius 3 is 2.39 bits per heavy atom. The van der Waals surface area contributed by atoms with Crippen LogP contribution in [0.5, 0.6) is 0 Å². The second-order valence-corrected chi connectivity index (χ2v) is 12.4. The van der Waals surface area contributed by atoms with Crippen molar-refractivity contribution < 1.29 is 4.57 Å². The van der Waals surface area contributed by atoms with Crippen LogP contribution in [0.25, 0.3) is 54.0 Å². The maximum absolute atomic E-state index is 7.67. The Bertz CT molecular complexity index is 1870. The van der Waals surface area contributed by atoms with Crippen LogP contribution in [0, 0.1) is 18.9 Å². The van der Waals surface area contributed by atoms with Crippen LogP contribution in [-0.2, 0) is 19.9 Å². The summed E-state index contributed by atoms with van der Waals surface area (Å²) in [6, 6.07) is 16.0. The van der Waals surface area contributed by atoms with Crippen LogP contribution >= 0.6 is 0 Å². The molecule has 0 fully saturated rings. The fraction of sp³-hybridized carbons (Fsp3) is 0.344. The Morgan fingerprint density at radius 2 is 1.67 bits per heavy atom. The average Bonchev–Trinajstić information content (AvgIpc) is 3.12. The van der Waals surface area contributed by atoms with Gasteiger partial charge in [0, 0.05) is 30.0 Å². The summed E-state index contributed by atoms with van der Waals surface area (Å²) in [7, 11) is 2.10. The summed E-state index contributed by atoms with van der Waals surface area (Å²) in [5.74, 6) is 0. The van der Waals surface area contributed by atoms with Crippen LogP contribution in [0.1, 0.15) is 51.3 Å². The zero-order valence-corrected chi connectivity index (χ0v) is 22.3. The van der Waals surface area contributed by atoms with Crippen molar-refractivity contribution in [1.82, 2.24) is 9.38 Å². The van der Waals surface area contributed by atoms with E-state index in [-0.39, 0.29) is 5.41 Å². The Morgan fingerprint density at radius 1 is 0.889 bits per heavy atom. The zero-order valence-electron chi connectivity index (χ0n) is 22.3. The van der Waals surface area contributed by atoms with Crippen molar-refractivity contribution in [3.8, 4) is 0 Å². The first-order valence-corrected chi connectivity index (χ1v) is 12.7. The summed E-state index contributed by atoms with van der Waals surface area (Å²) in [6.45, 7) is 20.8. The number of aromatic nitrogens is 3. The Hall–Kier alpha value is -3.71. The van der Waals surface area contributed by atoms with Gasteiger partial charge in [-0.2, -0.15) is 0 Å². The van der Waals surface area contributed by atoms with E-state index in [1.54, 1.807) is 0 Å². The van der Waals surface area contributed by atoms with Gasteiger partial charge >= 0.3 is 0 Å². The Balaban J connectivity index is 1.83. The molecule has 6 aromatic rings. The van der Waals surface area contributed by atoms with Gasteiger partial charge < -0.3 is 9.25 Å².